The Kier molecular flexibility index (Phi) is 5.12. The van der Waals surface area contributed by atoms with Gasteiger partial charge in [-0.25, -0.2) is 0 Å². The highest BCUT2D eigenvalue weighted by molar-refractivity contribution is 6.98. The second-order valence-electron chi connectivity index (χ2n) is 12.0. The van der Waals surface area contributed by atoms with Crippen molar-refractivity contribution in [2.45, 2.75) is 0 Å². The summed E-state index contributed by atoms with van der Waals surface area (Å²) in [6, 6.07) is 54.3. The number of para-hydroxylation sites is 1. The highest BCUT2D eigenvalue weighted by Crippen LogP contribution is 2.46. The van der Waals surface area contributed by atoms with Crippen molar-refractivity contribution >= 4 is 55.4 Å². The van der Waals surface area contributed by atoms with Gasteiger partial charge in [0, 0.05) is 5.46 Å². The van der Waals surface area contributed by atoms with Crippen LogP contribution >= 0.6 is 0 Å². The normalized spacial score (nSPS) is 12.8. The summed E-state index contributed by atoms with van der Waals surface area (Å²) in [5.74, 6) is 3.52. The van der Waals surface area contributed by atoms with Crippen LogP contribution in [0.2, 0.25) is 0 Å². The lowest BCUT2D eigenvalue weighted by Crippen LogP contribution is -2.57. The maximum Gasteiger partial charge on any atom is 0.260 e. The molecule has 2 nitrogen and oxygen atoms in total. The van der Waals surface area contributed by atoms with Gasteiger partial charge in [0.05, 0.1) is 0 Å². The van der Waals surface area contributed by atoms with E-state index < -0.39 is 0 Å². The van der Waals surface area contributed by atoms with Gasteiger partial charge < -0.3 is 9.47 Å². The van der Waals surface area contributed by atoms with Gasteiger partial charge in [-0.05, 0) is 89.8 Å². The molecule has 0 spiro atoms. The van der Waals surface area contributed by atoms with Gasteiger partial charge in [-0.2, -0.15) is 0 Å². The average Bonchev–Trinajstić information content (AvgIpc) is 3.10. The standard InChI is InChI=1S/C42H25BO2/c1-2-12-27(13-3-1)40-31-16-7-6-15-30(31)39(32-23-21-26-11-4-5-14-29(26)41(32)40)28-22-24-36-34(25-28)43-33-17-8-9-18-35(33)44-37-19-10-20-38(45-36)42(37)43/h1-25H. The molecule has 2 aliphatic rings. The summed E-state index contributed by atoms with van der Waals surface area (Å²) in [5.41, 5.74) is 8.35. The molecule has 0 saturated carbocycles. The van der Waals surface area contributed by atoms with Gasteiger partial charge >= 0.3 is 0 Å². The van der Waals surface area contributed by atoms with Crippen molar-refractivity contribution in [1.82, 2.24) is 0 Å². The first-order valence-electron chi connectivity index (χ1n) is 15.5. The molecule has 0 amide bonds. The molecular weight excluding hydrogens is 547 g/mol. The molecule has 0 radical (unpaired) electrons. The minimum Gasteiger partial charge on any atom is -0.458 e. The molecule has 0 aliphatic carbocycles. The molecule has 2 aliphatic heterocycles. The zero-order valence-corrected chi connectivity index (χ0v) is 24.3. The molecule has 8 aromatic carbocycles. The van der Waals surface area contributed by atoms with E-state index in [1.165, 1.54) is 60.0 Å². The Balaban J connectivity index is 1.31. The second kappa shape index (κ2) is 9.35. The third-order valence-corrected chi connectivity index (χ3v) is 9.57. The predicted molar refractivity (Wildman–Crippen MR) is 188 cm³/mol. The van der Waals surface area contributed by atoms with Gasteiger partial charge in [-0.15, -0.1) is 0 Å². The molecule has 8 aromatic rings. The van der Waals surface area contributed by atoms with Gasteiger partial charge in [0.15, 0.2) is 0 Å². The summed E-state index contributed by atoms with van der Waals surface area (Å²) in [4.78, 5) is 0. The molecule has 0 aromatic heterocycles. The SMILES string of the molecule is c1ccc(-c2c3ccccc3c(-c3ccc4c(c3)B3c5ccccc5Oc5cccc(c53)O4)c3ccc4ccccc4c23)cc1. The number of fused-ring (bicyclic) bond motifs is 8. The number of hydrogen-bond acceptors (Lipinski definition) is 2. The largest absolute Gasteiger partial charge is 0.458 e. The lowest BCUT2D eigenvalue weighted by atomic mass is 9.35. The van der Waals surface area contributed by atoms with Crippen LogP contribution in [0.4, 0.5) is 0 Å². The quantitative estimate of drug-likeness (QED) is 0.117. The fourth-order valence-electron chi connectivity index (χ4n) is 7.70. The third-order valence-electron chi connectivity index (χ3n) is 9.57. The Morgan fingerprint density at radius 3 is 1.84 bits per heavy atom. The van der Waals surface area contributed by atoms with Crippen molar-refractivity contribution in [3.05, 3.63) is 152 Å². The van der Waals surface area contributed by atoms with Crippen molar-refractivity contribution in [2.75, 3.05) is 0 Å². The minimum absolute atomic E-state index is 0.0202. The number of benzene rings is 8. The summed E-state index contributed by atoms with van der Waals surface area (Å²) in [6.07, 6.45) is 0. The van der Waals surface area contributed by atoms with Crippen LogP contribution in [0.3, 0.4) is 0 Å². The van der Waals surface area contributed by atoms with Crippen LogP contribution in [0.25, 0.3) is 54.6 Å². The first kappa shape index (κ1) is 24.6. The summed E-state index contributed by atoms with van der Waals surface area (Å²) >= 11 is 0. The predicted octanol–water partition coefficient (Wildman–Crippen LogP) is 9.21. The fraction of sp³-hybridized carbons (Fsp3) is 0. The average molecular weight is 572 g/mol. The van der Waals surface area contributed by atoms with E-state index in [2.05, 4.69) is 140 Å². The summed E-state index contributed by atoms with van der Waals surface area (Å²) in [5, 5.41) is 7.52. The summed E-state index contributed by atoms with van der Waals surface area (Å²) in [6.45, 7) is 0.0202. The van der Waals surface area contributed by atoms with E-state index in [-0.39, 0.29) is 6.71 Å². The van der Waals surface area contributed by atoms with E-state index in [1.54, 1.807) is 0 Å². The zero-order valence-electron chi connectivity index (χ0n) is 24.3. The van der Waals surface area contributed by atoms with Crippen LogP contribution < -0.4 is 25.9 Å². The lowest BCUT2D eigenvalue weighted by molar-refractivity contribution is 0.464. The molecule has 45 heavy (non-hydrogen) atoms. The fourth-order valence-corrected chi connectivity index (χ4v) is 7.70. The van der Waals surface area contributed by atoms with E-state index in [9.17, 15) is 0 Å². The lowest BCUT2D eigenvalue weighted by Gasteiger charge is -2.33. The van der Waals surface area contributed by atoms with Crippen LogP contribution in [0.1, 0.15) is 0 Å². The Bertz CT molecular complexity index is 2480. The molecule has 0 unspecified atom stereocenters. The third kappa shape index (κ3) is 3.52. The summed E-state index contributed by atoms with van der Waals surface area (Å²) in [7, 11) is 0. The van der Waals surface area contributed by atoms with Crippen molar-refractivity contribution in [3.8, 4) is 45.3 Å². The number of ether oxygens (including phenoxy) is 2. The molecule has 10 rings (SSSR count). The summed E-state index contributed by atoms with van der Waals surface area (Å²) < 4.78 is 12.9. The van der Waals surface area contributed by atoms with Crippen LogP contribution in [-0.2, 0) is 0 Å². The molecule has 3 heteroatoms. The highest BCUT2D eigenvalue weighted by atomic mass is 16.5. The van der Waals surface area contributed by atoms with E-state index in [4.69, 9.17) is 9.47 Å². The van der Waals surface area contributed by atoms with E-state index in [1.807, 2.05) is 12.1 Å². The van der Waals surface area contributed by atoms with Gasteiger partial charge in [0.2, 0.25) is 0 Å². The molecule has 0 bridgehead atoms. The Labute approximate surface area is 261 Å². The van der Waals surface area contributed by atoms with E-state index >= 15 is 0 Å². The van der Waals surface area contributed by atoms with Gasteiger partial charge in [-0.1, -0.05) is 127 Å². The Morgan fingerprint density at radius 1 is 0.378 bits per heavy atom. The highest BCUT2D eigenvalue weighted by Gasteiger charge is 2.40. The van der Waals surface area contributed by atoms with Crippen molar-refractivity contribution in [3.63, 3.8) is 0 Å². The van der Waals surface area contributed by atoms with Gasteiger partial charge in [0.25, 0.3) is 6.71 Å². The minimum atomic E-state index is 0.0202. The van der Waals surface area contributed by atoms with Crippen molar-refractivity contribution in [2.24, 2.45) is 0 Å². The van der Waals surface area contributed by atoms with Crippen LogP contribution in [0, 0.1) is 0 Å². The van der Waals surface area contributed by atoms with Crippen molar-refractivity contribution < 1.29 is 9.47 Å². The van der Waals surface area contributed by atoms with E-state index in [0.717, 1.165) is 33.9 Å². The topological polar surface area (TPSA) is 18.5 Å². The van der Waals surface area contributed by atoms with Crippen molar-refractivity contribution in [1.29, 1.82) is 0 Å². The van der Waals surface area contributed by atoms with Crippen LogP contribution in [-0.4, -0.2) is 6.71 Å². The maximum absolute atomic E-state index is 6.56. The van der Waals surface area contributed by atoms with Gasteiger partial charge in [0.1, 0.15) is 23.0 Å². The molecule has 0 N–H and O–H groups in total. The number of rotatable bonds is 2. The smallest absolute Gasteiger partial charge is 0.260 e. The van der Waals surface area contributed by atoms with Gasteiger partial charge in [-0.3, -0.25) is 0 Å². The molecule has 0 atom stereocenters. The molecular formula is C42H25BO2. The first-order chi connectivity index (χ1) is 22.3. The Morgan fingerprint density at radius 2 is 1.02 bits per heavy atom. The van der Waals surface area contributed by atoms with Crippen LogP contribution in [0.15, 0.2) is 152 Å². The zero-order chi connectivity index (χ0) is 29.5. The monoisotopic (exact) mass is 572 g/mol. The maximum atomic E-state index is 6.56. The number of hydrogen-bond donors (Lipinski definition) is 0. The second-order valence-corrected chi connectivity index (χ2v) is 12.0. The molecule has 208 valence electrons. The molecule has 0 fully saturated rings. The Hall–Kier alpha value is -5.80. The van der Waals surface area contributed by atoms with Crippen LogP contribution in [0.5, 0.6) is 23.0 Å². The first-order valence-corrected chi connectivity index (χ1v) is 15.5. The molecule has 2 heterocycles. The van der Waals surface area contributed by atoms with E-state index in [0.29, 0.717) is 0 Å². The molecule has 0 saturated heterocycles.